The van der Waals surface area contributed by atoms with Gasteiger partial charge in [0.15, 0.2) is 0 Å². The number of nitrogens with one attached hydrogen (secondary N) is 4. The summed E-state index contributed by atoms with van der Waals surface area (Å²) >= 11 is 0. The molecule has 2 amide bonds. The smallest absolute Gasteiger partial charge is 0.274 e. The van der Waals surface area contributed by atoms with E-state index < -0.39 is 0 Å². The van der Waals surface area contributed by atoms with Crippen LogP contribution in [-0.2, 0) is 0 Å². The molecule has 0 saturated carbocycles. The molecule has 0 aromatic carbocycles. The van der Waals surface area contributed by atoms with E-state index in [9.17, 15) is 9.59 Å². The Morgan fingerprint density at radius 2 is 1.50 bits per heavy atom. The Hall–Kier alpha value is -3.49. The maximum absolute atomic E-state index is 11.8. The fourth-order valence-electron chi connectivity index (χ4n) is 1.69. The Morgan fingerprint density at radius 3 is 2.00 bits per heavy atom. The van der Waals surface area contributed by atoms with Crippen LogP contribution >= 0.6 is 0 Å². The van der Waals surface area contributed by atoms with E-state index in [-0.39, 0.29) is 11.8 Å². The molecule has 110 valence electrons. The molecule has 0 radical (unpaired) electrons. The number of hydrogen-bond donors (Lipinski definition) is 4. The number of aromatic nitrogens is 5. The minimum atomic E-state index is -0.348. The minimum absolute atomic E-state index is 0.325. The molecule has 0 atom stereocenters. The first-order valence-electron chi connectivity index (χ1n) is 6.30. The van der Waals surface area contributed by atoms with Crippen LogP contribution in [0.5, 0.6) is 0 Å². The number of H-pyrrole nitrogens is 2. The van der Waals surface area contributed by atoms with E-state index in [1.54, 1.807) is 24.3 Å². The van der Waals surface area contributed by atoms with Gasteiger partial charge in [0, 0.05) is 12.4 Å². The standard InChI is InChI=1S/C13H11N7O2/c21-12(9-3-5-15-19-9)17-8-1-2-11(14-7-8)18-13(22)10-4-6-16-20-10/h1-7H,(H,15,19)(H,16,20)(H,17,21)(H,14,18,22). The van der Waals surface area contributed by atoms with Gasteiger partial charge in [0.05, 0.1) is 11.9 Å². The summed E-state index contributed by atoms with van der Waals surface area (Å²) in [6.07, 6.45) is 4.41. The molecule has 0 spiro atoms. The second-order valence-corrected chi connectivity index (χ2v) is 4.28. The van der Waals surface area contributed by atoms with Gasteiger partial charge in [-0.1, -0.05) is 0 Å². The minimum Gasteiger partial charge on any atom is -0.319 e. The summed E-state index contributed by atoms with van der Waals surface area (Å²) in [5.74, 6) is -0.313. The normalized spacial score (nSPS) is 10.2. The van der Waals surface area contributed by atoms with E-state index in [1.165, 1.54) is 18.6 Å². The Morgan fingerprint density at radius 1 is 0.864 bits per heavy atom. The van der Waals surface area contributed by atoms with Gasteiger partial charge < -0.3 is 10.6 Å². The van der Waals surface area contributed by atoms with E-state index in [0.29, 0.717) is 22.9 Å². The van der Waals surface area contributed by atoms with Crippen molar-refractivity contribution in [2.24, 2.45) is 0 Å². The van der Waals surface area contributed by atoms with Crippen molar-refractivity contribution in [3.63, 3.8) is 0 Å². The van der Waals surface area contributed by atoms with Crippen LogP contribution in [0.25, 0.3) is 0 Å². The summed E-state index contributed by atoms with van der Waals surface area (Å²) in [6, 6.07) is 6.32. The highest BCUT2D eigenvalue weighted by Crippen LogP contribution is 2.11. The maximum atomic E-state index is 11.8. The molecule has 0 bridgehead atoms. The number of rotatable bonds is 4. The average molecular weight is 297 g/mol. The van der Waals surface area contributed by atoms with Crippen molar-refractivity contribution in [2.75, 3.05) is 10.6 Å². The van der Waals surface area contributed by atoms with E-state index in [4.69, 9.17) is 0 Å². The van der Waals surface area contributed by atoms with Gasteiger partial charge in [0.25, 0.3) is 11.8 Å². The van der Waals surface area contributed by atoms with E-state index >= 15 is 0 Å². The molecule has 9 heteroatoms. The molecule has 0 aliphatic rings. The van der Waals surface area contributed by atoms with Crippen molar-refractivity contribution in [3.05, 3.63) is 54.2 Å². The van der Waals surface area contributed by atoms with Crippen LogP contribution in [0, 0.1) is 0 Å². The highest BCUT2D eigenvalue weighted by atomic mass is 16.2. The maximum Gasteiger partial charge on any atom is 0.274 e. The summed E-state index contributed by atoms with van der Waals surface area (Å²) in [4.78, 5) is 27.6. The van der Waals surface area contributed by atoms with Crippen LogP contribution in [0.1, 0.15) is 21.0 Å². The molecule has 4 N–H and O–H groups in total. The predicted octanol–water partition coefficient (Wildman–Crippen LogP) is 1.03. The molecule has 3 aromatic rings. The van der Waals surface area contributed by atoms with Gasteiger partial charge in [0.2, 0.25) is 0 Å². The molecule has 3 rings (SSSR count). The molecule has 9 nitrogen and oxygen atoms in total. The Kier molecular flexibility index (Phi) is 3.60. The average Bonchev–Trinajstić information content (AvgIpc) is 3.23. The highest BCUT2D eigenvalue weighted by molar-refractivity contribution is 6.03. The number of anilines is 2. The second-order valence-electron chi connectivity index (χ2n) is 4.28. The molecule has 0 aliphatic carbocycles. The topological polar surface area (TPSA) is 128 Å². The number of carbonyl (C=O) groups is 2. The van der Waals surface area contributed by atoms with Gasteiger partial charge >= 0.3 is 0 Å². The van der Waals surface area contributed by atoms with Crippen molar-refractivity contribution in [1.82, 2.24) is 25.4 Å². The van der Waals surface area contributed by atoms with Crippen molar-refractivity contribution in [3.8, 4) is 0 Å². The largest absolute Gasteiger partial charge is 0.319 e. The fourth-order valence-corrected chi connectivity index (χ4v) is 1.69. The summed E-state index contributed by atoms with van der Waals surface area (Å²) in [6.45, 7) is 0. The molecule has 0 saturated heterocycles. The van der Waals surface area contributed by atoms with Crippen molar-refractivity contribution >= 4 is 23.3 Å². The highest BCUT2D eigenvalue weighted by Gasteiger charge is 2.09. The third kappa shape index (κ3) is 2.98. The first kappa shape index (κ1) is 13.5. The number of carbonyl (C=O) groups excluding carboxylic acids is 2. The number of nitrogens with zero attached hydrogens (tertiary/aromatic N) is 3. The van der Waals surface area contributed by atoms with Crippen LogP contribution in [-0.4, -0.2) is 37.2 Å². The lowest BCUT2D eigenvalue weighted by Gasteiger charge is -2.05. The lowest BCUT2D eigenvalue weighted by molar-refractivity contribution is 0.101. The van der Waals surface area contributed by atoms with E-state index in [2.05, 4.69) is 36.0 Å². The van der Waals surface area contributed by atoms with Crippen LogP contribution in [0.4, 0.5) is 11.5 Å². The summed E-state index contributed by atoms with van der Waals surface area (Å²) in [5, 5.41) is 17.8. The monoisotopic (exact) mass is 297 g/mol. The number of pyridine rings is 1. The zero-order valence-electron chi connectivity index (χ0n) is 11.2. The molecule has 3 aromatic heterocycles. The van der Waals surface area contributed by atoms with Crippen LogP contribution in [0.2, 0.25) is 0 Å². The molecular weight excluding hydrogens is 286 g/mol. The molecule has 0 fully saturated rings. The third-order valence-corrected chi connectivity index (χ3v) is 2.75. The summed E-state index contributed by atoms with van der Waals surface area (Å²) in [5.41, 5.74) is 1.18. The zero-order chi connectivity index (χ0) is 15.4. The van der Waals surface area contributed by atoms with E-state index in [1.807, 2.05) is 0 Å². The van der Waals surface area contributed by atoms with Gasteiger partial charge in [-0.05, 0) is 24.3 Å². The van der Waals surface area contributed by atoms with Crippen LogP contribution in [0.15, 0.2) is 42.9 Å². The Balaban J connectivity index is 1.63. The zero-order valence-corrected chi connectivity index (χ0v) is 11.2. The van der Waals surface area contributed by atoms with Gasteiger partial charge in [0.1, 0.15) is 17.2 Å². The van der Waals surface area contributed by atoms with Crippen LogP contribution < -0.4 is 10.6 Å². The number of aromatic amines is 2. The molecule has 3 heterocycles. The summed E-state index contributed by atoms with van der Waals surface area (Å²) < 4.78 is 0. The molecular formula is C13H11N7O2. The second kappa shape index (κ2) is 5.87. The summed E-state index contributed by atoms with van der Waals surface area (Å²) in [7, 11) is 0. The predicted molar refractivity (Wildman–Crippen MR) is 77.3 cm³/mol. The van der Waals surface area contributed by atoms with E-state index in [0.717, 1.165) is 0 Å². The SMILES string of the molecule is O=C(Nc1ccc(NC(=O)c2ccn[nH]2)nc1)c1ccn[nH]1. The van der Waals surface area contributed by atoms with Crippen molar-refractivity contribution in [1.29, 1.82) is 0 Å². The Bertz CT molecular complexity index is 696. The lowest BCUT2D eigenvalue weighted by atomic mass is 10.3. The van der Waals surface area contributed by atoms with Crippen molar-refractivity contribution < 1.29 is 9.59 Å². The number of amides is 2. The fraction of sp³-hybridized carbons (Fsp3) is 0. The molecule has 0 unspecified atom stereocenters. The Labute approximate surface area is 124 Å². The number of hydrogen-bond acceptors (Lipinski definition) is 5. The van der Waals surface area contributed by atoms with Crippen LogP contribution in [0.3, 0.4) is 0 Å². The first-order chi connectivity index (χ1) is 10.7. The van der Waals surface area contributed by atoms with Gasteiger partial charge in [-0.3, -0.25) is 19.8 Å². The molecule has 0 aliphatic heterocycles. The van der Waals surface area contributed by atoms with Crippen molar-refractivity contribution in [2.45, 2.75) is 0 Å². The quantitative estimate of drug-likeness (QED) is 0.571. The molecule has 22 heavy (non-hydrogen) atoms. The third-order valence-electron chi connectivity index (χ3n) is 2.75. The lowest BCUT2D eigenvalue weighted by Crippen LogP contribution is -2.14. The van der Waals surface area contributed by atoms with Gasteiger partial charge in [-0.15, -0.1) is 0 Å². The van der Waals surface area contributed by atoms with Gasteiger partial charge in [-0.2, -0.15) is 10.2 Å². The van der Waals surface area contributed by atoms with Gasteiger partial charge in [-0.25, -0.2) is 4.98 Å². The first-order valence-corrected chi connectivity index (χ1v) is 6.30.